The Morgan fingerprint density at radius 1 is 1.21 bits per heavy atom. The van der Waals surface area contributed by atoms with Crippen molar-refractivity contribution in [2.24, 2.45) is 0 Å². The second kappa shape index (κ2) is 6.00. The van der Waals surface area contributed by atoms with E-state index < -0.39 is 0 Å². The molecule has 0 bridgehead atoms. The van der Waals surface area contributed by atoms with Crippen molar-refractivity contribution < 1.29 is 9.53 Å². The Bertz CT molecular complexity index is 555. The molecule has 1 amide bonds. The zero-order valence-corrected chi connectivity index (χ0v) is 11.0. The molecule has 0 unspecified atom stereocenters. The van der Waals surface area contributed by atoms with Crippen molar-refractivity contribution in [1.82, 2.24) is 10.3 Å². The second-order valence-electron chi connectivity index (χ2n) is 4.17. The van der Waals surface area contributed by atoms with Gasteiger partial charge in [0.15, 0.2) is 0 Å². The number of pyridine rings is 1. The van der Waals surface area contributed by atoms with Gasteiger partial charge >= 0.3 is 0 Å². The maximum Gasteiger partial charge on any atom is 0.251 e. The summed E-state index contributed by atoms with van der Waals surface area (Å²) in [7, 11) is 1.62. The molecule has 4 heteroatoms. The summed E-state index contributed by atoms with van der Waals surface area (Å²) in [6, 6.07) is 10.9. The molecule has 98 valence electrons. The number of methoxy groups -OCH3 is 1. The lowest BCUT2D eigenvalue weighted by atomic mass is 10.1. The number of para-hydroxylation sites is 1. The topological polar surface area (TPSA) is 51.2 Å². The number of benzene rings is 1. The molecule has 2 rings (SSSR count). The SMILES string of the molecule is COc1ccccc1[C@H](C)NC(=O)c1ccncc1. The first kappa shape index (κ1) is 13.1. The first-order valence-electron chi connectivity index (χ1n) is 6.06. The predicted octanol–water partition coefficient (Wildman–Crippen LogP) is 2.58. The summed E-state index contributed by atoms with van der Waals surface area (Å²) >= 11 is 0. The number of hydrogen-bond acceptors (Lipinski definition) is 3. The van der Waals surface area contributed by atoms with E-state index in [4.69, 9.17) is 4.74 Å². The van der Waals surface area contributed by atoms with Crippen LogP contribution in [0, 0.1) is 0 Å². The van der Waals surface area contributed by atoms with Crippen LogP contribution in [-0.2, 0) is 0 Å². The van der Waals surface area contributed by atoms with Gasteiger partial charge in [-0.25, -0.2) is 0 Å². The fraction of sp³-hybridized carbons (Fsp3) is 0.200. The number of nitrogens with one attached hydrogen (secondary N) is 1. The number of hydrogen-bond donors (Lipinski definition) is 1. The zero-order valence-electron chi connectivity index (χ0n) is 11.0. The maximum absolute atomic E-state index is 12.0. The van der Waals surface area contributed by atoms with Crippen molar-refractivity contribution in [1.29, 1.82) is 0 Å². The van der Waals surface area contributed by atoms with Gasteiger partial charge in [0.2, 0.25) is 0 Å². The fourth-order valence-corrected chi connectivity index (χ4v) is 1.89. The highest BCUT2D eigenvalue weighted by molar-refractivity contribution is 5.94. The summed E-state index contributed by atoms with van der Waals surface area (Å²) < 4.78 is 5.29. The van der Waals surface area contributed by atoms with Gasteiger partial charge in [0.25, 0.3) is 5.91 Å². The summed E-state index contributed by atoms with van der Waals surface area (Å²) in [5, 5.41) is 2.94. The summed E-state index contributed by atoms with van der Waals surface area (Å²) in [4.78, 5) is 15.9. The number of carbonyl (C=O) groups excluding carboxylic acids is 1. The van der Waals surface area contributed by atoms with Gasteiger partial charge in [-0.2, -0.15) is 0 Å². The number of rotatable bonds is 4. The molecule has 0 aliphatic rings. The number of carbonyl (C=O) groups is 1. The third-order valence-electron chi connectivity index (χ3n) is 2.90. The van der Waals surface area contributed by atoms with Crippen LogP contribution in [0.2, 0.25) is 0 Å². The highest BCUT2D eigenvalue weighted by Crippen LogP contribution is 2.24. The smallest absolute Gasteiger partial charge is 0.251 e. The van der Waals surface area contributed by atoms with Crippen LogP contribution in [0.5, 0.6) is 5.75 Å². The molecule has 19 heavy (non-hydrogen) atoms. The largest absolute Gasteiger partial charge is 0.496 e. The van der Waals surface area contributed by atoms with Gasteiger partial charge in [-0.1, -0.05) is 18.2 Å². The number of nitrogens with zero attached hydrogens (tertiary/aromatic N) is 1. The lowest BCUT2D eigenvalue weighted by molar-refractivity contribution is 0.0939. The molecule has 1 aromatic carbocycles. The Balaban J connectivity index is 2.13. The van der Waals surface area contributed by atoms with Gasteiger partial charge in [-0.3, -0.25) is 9.78 Å². The van der Waals surface area contributed by atoms with E-state index in [-0.39, 0.29) is 11.9 Å². The van der Waals surface area contributed by atoms with Crippen molar-refractivity contribution in [3.8, 4) is 5.75 Å². The van der Waals surface area contributed by atoms with E-state index in [0.29, 0.717) is 5.56 Å². The fourth-order valence-electron chi connectivity index (χ4n) is 1.89. The van der Waals surface area contributed by atoms with E-state index in [1.165, 1.54) is 0 Å². The molecule has 1 aromatic heterocycles. The monoisotopic (exact) mass is 256 g/mol. The molecule has 4 nitrogen and oxygen atoms in total. The van der Waals surface area contributed by atoms with Crippen LogP contribution in [0.1, 0.15) is 28.9 Å². The summed E-state index contributed by atoms with van der Waals surface area (Å²) in [6.45, 7) is 1.93. The average molecular weight is 256 g/mol. The quantitative estimate of drug-likeness (QED) is 0.914. The van der Waals surface area contributed by atoms with Crippen LogP contribution in [-0.4, -0.2) is 18.0 Å². The van der Waals surface area contributed by atoms with E-state index in [1.807, 2.05) is 31.2 Å². The van der Waals surface area contributed by atoms with Crippen LogP contribution in [0.3, 0.4) is 0 Å². The lowest BCUT2D eigenvalue weighted by Gasteiger charge is -2.17. The van der Waals surface area contributed by atoms with E-state index in [0.717, 1.165) is 11.3 Å². The molecule has 0 aliphatic heterocycles. The Labute approximate surface area is 112 Å². The van der Waals surface area contributed by atoms with Crippen molar-refractivity contribution in [3.63, 3.8) is 0 Å². The second-order valence-corrected chi connectivity index (χ2v) is 4.17. The number of ether oxygens (including phenoxy) is 1. The first-order chi connectivity index (χ1) is 9.22. The van der Waals surface area contributed by atoms with E-state index in [1.54, 1.807) is 31.6 Å². The third-order valence-corrected chi connectivity index (χ3v) is 2.90. The summed E-state index contributed by atoms with van der Waals surface area (Å²) in [6.07, 6.45) is 3.20. The molecule has 0 radical (unpaired) electrons. The molecule has 1 heterocycles. The van der Waals surface area contributed by atoms with Crippen LogP contribution in [0.4, 0.5) is 0 Å². The van der Waals surface area contributed by atoms with Crippen molar-refractivity contribution in [3.05, 3.63) is 59.9 Å². The van der Waals surface area contributed by atoms with Crippen LogP contribution in [0.25, 0.3) is 0 Å². The molecular formula is C15H16N2O2. The lowest BCUT2D eigenvalue weighted by Crippen LogP contribution is -2.26. The number of amides is 1. The molecular weight excluding hydrogens is 240 g/mol. The van der Waals surface area contributed by atoms with E-state index >= 15 is 0 Å². The van der Waals surface area contributed by atoms with Crippen molar-refractivity contribution in [2.45, 2.75) is 13.0 Å². The molecule has 0 saturated heterocycles. The average Bonchev–Trinajstić information content (AvgIpc) is 2.48. The molecule has 1 atom stereocenters. The van der Waals surface area contributed by atoms with Crippen molar-refractivity contribution >= 4 is 5.91 Å². The highest BCUT2D eigenvalue weighted by atomic mass is 16.5. The Morgan fingerprint density at radius 2 is 1.89 bits per heavy atom. The minimum absolute atomic E-state index is 0.124. The number of aromatic nitrogens is 1. The molecule has 2 aromatic rings. The molecule has 0 aliphatic carbocycles. The summed E-state index contributed by atoms with van der Waals surface area (Å²) in [5.41, 5.74) is 1.55. The molecule has 0 spiro atoms. The minimum atomic E-state index is -0.128. The van der Waals surface area contributed by atoms with Crippen LogP contribution in [0.15, 0.2) is 48.8 Å². The Hall–Kier alpha value is -2.36. The van der Waals surface area contributed by atoms with E-state index in [2.05, 4.69) is 10.3 Å². The van der Waals surface area contributed by atoms with E-state index in [9.17, 15) is 4.79 Å². The zero-order chi connectivity index (χ0) is 13.7. The van der Waals surface area contributed by atoms with Crippen LogP contribution >= 0.6 is 0 Å². The van der Waals surface area contributed by atoms with Gasteiger partial charge in [0.05, 0.1) is 13.2 Å². The predicted molar refractivity (Wildman–Crippen MR) is 73.1 cm³/mol. The first-order valence-corrected chi connectivity index (χ1v) is 6.06. The Kier molecular flexibility index (Phi) is 4.13. The molecule has 0 saturated carbocycles. The standard InChI is InChI=1S/C15H16N2O2/c1-11(13-5-3-4-6-14(13)19-2)17-15(18)12-7-9-16-10-8-12/h3-11H,1-2H3,(H,17,18)/t11-/m0/s1. The highest BCUT2D eigenvalue weighted by Gasteiger charge is 2.14. The van der Waals surface area contributed by atoms with Gasteiger partial charge in [-0.05, 0) is 25.1 Å². The van der Waals surface area contributed by atoms with Gasteiger partial charge in [-0.15, -0.1) is 0 Å². The Morgan fingerprint density at radius 3 is 2.58 bits per heavy atom. The third kappa shape index (κ3) is 3.10. The van der Waals surface area contributed by atoms with Gasteiger partial charge < -0.3 is 10.1 Å². The molecule has 0 fully saturated rings. The van der Waals surface area contributed by atoms with Gasteiger partial charge in [0.1, 0.15) is 5.75 Å². The van der Waals surface area contributed by atoms with Crippen molar-refractivity contribution in [2.75, 3.05) is 7.11 Å². The van der Waals surface area contributed by atoms with Gasteiger partial charge in [0, 0.05) is 23.5 Å². The minimum Gasteiger partial charge on any atom is -0.496 e. The molecule has 1 N–H and O–H groups in total. The maximum atomic E-state index is 12.0. The van der Waals surface area contributed by atoms with Crippen LogP contribution < -0.4 is 10.1 Å². The summed E-state index contributed by atoms with van der Waals surface area (Å²) in [5.74, 6) is 0.644. The normalized spacial score (nSPS) is 11.7.